The minimum atomic E-state index is 0.0887. The van der Waals surface area contributed by atoms with Crippen molar-refractivity contribution in [1.29, 1.82) is 0 Å². The van der Waals surface area contributed by atoms with Gasteiger partial charge in [0.05, 0.1) is 0 Å². The maximum absolute atomic E-state index is 5.86. The van der Waals surface area contributed by atoms with Gasteiger partial charge in [-0.15, -0.1) is 0 Å². The first-order chi connectivity index (χ1) is 7.74. The average Bonchev–Trinajstić information content (AvgIpc) is 2.72. The molecule has 4 nitrogen and oxygen atoms in total. The lowest BCUT2D eigenvalue weighted by molar-refractivity contribution is -0.00461. The summed E-state index contributed by atoms with van der Waals surface area (Å²) in [5.41, 5.74) is 0. The number of anilines is 1. The van der Waals surface area contributed by atoms with Gasteiger partial charge in [0, 0.05) is 27.3 Å². The summed E-state index contributed by atoms with van der Waals surface area (Å²) in [5.74, 6) is 0.870. The van der Waals surface area contributed by atoms with Gasteiger partial charge in [0.2, 0.25) is 0 Å². The predicted molar refractivity (Wildman–Crippen MR) is 63.1 cm³/mol. The van der Waals surface area contributed by atoms with Gasteiger partial charge in [-0.05, 0) is 12.1 Å². The second-order valence-corrected chi connectivity index (χ2v) is 4.16. The zero-order chi connectivity index (χ0) is 11.5. The van der Waals surface area contributed by atoms with Crippen LogP contribution in [-0.4, -0.2) is 44.5 Å². The molecule has 1 aromatic rings. The van der Waals surface area contributed by atoms with Crippen LogP contribution in [0.1, 0.15) is 0 Å². The van der Waals surface area contributed by atoms with Crippen molar-refractivity contribution in [3.8, 4) is 0 Å². The van der Waals surface area contributed by atoms with Crippen LogP contribution in [-0.2, 0) is 9.47 Å². The molecule has 16 heavy (non-hydrogen) atoms. The molecule has 0 bridgehead atoms. The van der Waals surface area contributed by atoms with Gasteiger partial charge in [0.25, 0.3) is 0 Å². The second-order valence-electron chi connectivity index (χ2n) is 3.77. The molecule has 1 aromatic heterocycles. The summed E-state index contributed by atoms with van der Waals surface area (Å²) in [6.45, 7) is 1.56. The van der Waals surface area contributed by atoms with Gasteiger partial charge in [-0.3, -0.25) is 0 Å². The molecule has 0 N–H and O–H groups in total. The largest absolute Gasteiger partial charge is 0.377 e. The van der Waals surface area contributed by atoms with E-state index in [1.807, 2.05) is 12.1 Å². The molecule has 2 unspecified atom stereocenters. The highest BCUT2D eigenvalue weighted by atomic mass is 35.5. The predicted octanol–water partition coefficient (Wildman–Crippen LogP) is 1.58. The summed E-state index contributed by atoms with van der Waals surface area (Å²) in [4.78, 5) is 6.39. The van der Waals surface area contributed by atoms with Crippen LogP contribution in [0.2, 0.25) is 5.15 Å². The van der Waals surface area contributed by atoms with E-state index >= 15 is 0 Å². The molecule has 0 aliphatic carbocycles. The molecule has 5 heteroatoms. The van der Waals surface area contributed by atoms with Gasteiger partial charge in [0.1, 0.15) is 23.2 Å². The highest BCUT2D eigenvalue weighted by molar-refractivity contribution is 6.29. The van der Waals surface area contributed by atoms with E-state index in [1.165, 1.54) is 0 Å². The van der Waals surface area contributed by atoms with E-state index in [2.05, 4.69) is 9.88 Å². The topological polar surface area (TPSA) is 34.6 Å². The molecule has 2 atom stereocenters. The van der Waals surface area contributed by atoms with Crippen LogP contribution in [0.4, 0.5) is 5.82 Å². The molecule has 1 aliphatic rings. The van der Waals surface area contributed by atoms with Crippen molar-refractivity contribution < 1.29 is 9.47 Å². The van der Waals surface area contributed by atoms with E-state index in [0.29, 0.717) is 5.15 Å². The third-order valence-corrected chi connectivity index (χ3v) is 3.06. The Kier molecular flexibility index (Phi) is 3.63. The minimum Gasteiger partial charge on any atom is -0.377 e. The number of hydrogen-bond donors (Lipinski definition) is 0. The Hall–Kier alpha value is -0.840. The Balaban J connectivity index is 2.12. The van der Waals surface area contributed by atoms with Gasteiger partial charge in [-0.1, -0.05) is 17.7 Å². The average molecular weight is 243 g/mol. The number of halogens is 1. The number of hydrogen-bond acceptors (Lipinski definition) is 4. The molecule has 0 saturated carbocycles. The summed E-state index contributed by atoms with van der Waals surface area (Å²) in [7, 11) is 3.40. The fourth-order valence-electron chi connectivity index (χ4n) is 1.96. The number of pyridine rings is 1. The standard InChI is InChI=1S/C11H15ClN2O2/c1-15-8-6-14(7-9(8)16-2)11-5-3-4-10(12)13-11/h3-5,8-9H,6-7H2,1-2H3. The molecule has 2 rings (SSSR count). The van der Waals surface area contributed by atoms with Gasteiger partial charge in [-0.2, -0.15) is 0 Å². The summed E-state index contributed by atoms with van der Waals surface area (Å²) >= 11 is 5.86. The lowest BCUT2D eigenvalue weighted by Gasteiger charge is -2.16. The smallest absolute Gasteiger partial charge is 0.131 e. The summed E-state index contributed by atoms with van der Waals surface area (Å²) in [6, 6.07) is 5.60. The Labute approximate surface area is 100 Å². The van der Waals surface area contributed by atoms with Crippen LogP contribution in [0.3, 0.4) is 0 Å². The molecular weight excluding hydrogens is 228 g/mol. The third kappa shape index (κ3) is 2.29. The zero-order valence-corrected chi connectivity index (χ0v) is 10.1. The van der Waals surface area contributed by atoms with E-state index in [-0.39, 0.29) is 12.2 Å². The monoisotopic (exact) mass is 242 g/mol. The first-order valence-corrected chi connectivity index (χ1v) is 5.55. The minimum absolute atomic E-state index is 0.0887. The Morgan fingerprint density at radius 1 is 1.25 bits per heavy atom. The van der Waals surface area contributed by atoms with E-state index in [4.69, 9.17) is 21.1 Å². The van der Waals surface area contributed by atoms with Crippen molar-refractivity contribution in [2.75, 3.05) is 32.2 Å². The zero-order valence-electron chi connectivity index (χ0n) is 9.39. The molecule has 0 aromatic carbocycles. The maximum Gasteiger partial charge on any atom is 0.131 e. The molecular formula is C11H15ClN2O2. The van der Waals surface area contributed by atoms with Gasteiger partial charge in [-0.25, -0.2) is 4.98 Å². The van der Waals surface area contributed by atoms with Crippen molar-refractivity contribution in [2.45, 2.75) is 12.2 Å². The van der Waals surface area contributed by atoms with Crippen LogP contribution < -0.4 is 4.90 Å². The van der Waals surface area contributed by atoms with Crippen LogP contribution in [0, 0.1) is 0 Å². The fourth-order valence-corrected chi connectivity index (χ4v) is 2.12. The second kappa shape index (κ2) is 4.99. The van der Waals surface area contributed by atoms with Crippen molar-refractivity contribution in [1.82, 2.24) is 4.98 Å². The van der Waals surface area contributed by atoms with E-state index < -0.39 is 0 Å². The molecule has 0 radical (unpaired) electrons. The van der Waals surface area contributed by atoms with Gasteiger partial charge in [0.15, 0.2) is 0 Å². The summed E-state index contributed by atoms with van der Waals surface area (Å²) in [6.07, 6.45) is 0.177. The van der Waals surface area contributed by atoms with Crippen LogP contribution in [0.5, 0.6) is 0 Å². The SMILES string of the molecule is COC1CN(c2cccc(Cl)n2)CC1OC. The van der Waals surface area contributed by atoms with E-state index in [0.717, 1.165) is 18.9 Å². The highest BCUT2D eigenvalue weighted by Crippen LogP contribution is 2.22. The number of rotatable bonds is 3. The maximum atomic E-state index is 5.86. The highest BCUT2D eigenvalue weighted by Gasteiger charge is 2.33. The lowest BCUT2D eigenvalue weighted by atomic mass is 10.3. The van der Waals surface area contributed by atoms with E-state index in [9.17, 15) is 0 Å². The molecule has 1 fully saturated rings. The van der Waals surface area contributed by atoms with Crippen LogP contribution in [0.15, 0.2) is 18.2 Å². The molecule has 1 saturated heterocycles. The summed E-state index contributed by atoms with van der Waals surface area (Å²) in [5, 5.41) is 0.507. The third-order valence-electron chi connectivity index (χ3n) is 2.85. The number of aromatic nitrogens is 1. The molecule has 88 valence electrons. The van der Waals surface area contributed by atoms with E-state index in [1.54, 1.807) is 20.3 Å². The summed E-state index contributed by atoms with van der Waals surface area (Å²) < 4.78 is 10.7. The first kappa shape index (κ1) is 11.6. The Morgan fingerprint density at radius 3 is 2.38 bits per heavy atom. The van der Waals surface area contributed by atoms with Crippen molar-refractivity contribution in [3.05, 3.63) is 23.4 Å². The number of methoxy groups -OCH3 is 2. The van der Waals surface area contributed by atoms with Crippen LogP contribution in [0.25, 0.3) is 0 Å². The van der Waals surface area contributed by atoms with Crippen LogP contribution >= 0.6 is 11.6 Å². The number of ether oxygens (including phenoxy) is 2. The van der Waals surface area contributed by atoms with Crippen molar-refractivity contribution in [3.63, 3.8) is 0 Å². The molecule has 2 heterocycles. The van der Waals surface area contributed by atoms with Crippen molar-refractivity contribution >= 4 is 17.4 Å². The molecule has 0 amide bonds. The van der Waals surface area contributed by atoms with Gasteiger partial charge < -0.3 is 14.4 Å². The van der Waals surface area contributed by atoms with Gasteiger partial charge >= 0.3 is 0 Å². The number of nitrogens with zero attached hydrogens (tertiary/aromatic N) is 2. The molecule has 0 spiro atoms. The lowest BCUT2D eigenvalue weighted by Crippen LogP contribution is -2.27. The Morgan fingerprint density at radius 2 is 1.88 bits per heavy atom. The first-order valence-electron chi connectivity index (χ1n) is 5.17. The van der Waals surface area contributed by atoms with Crippen molar-refractivity contribution in [2.24, 2.45) is 0 Å². The molecule has 1 aliphatic heterocycles. The normalized spacial score (nSPS) is 25.1. The Bertz CT molecular complexity index is 350. The fraction of sp³-hybridized carbons (Fsp3) is 0.545. The quantitative estimate of drug-likeness (QED) is 0.754.